The van der Waals surface area contributed by atoms with E-state index in [1.54, 1.807) is 18.2 Å². The predicted molar refractivity (Wildman–Crippen MR) is 69.1 cm³/mol. The second-order valence-corrected chi connectivity index (χ2v) is 4.19. The minimum absolute atomic E-state index is 0.130. The number of hydrogen-bond donors (Lipinski definition) is 2. The largest absolute Gasteiger partial charge is 0.352 e. The van der Waals surface area contributed by atoms with Gasteiger partial charge in [-0.3, -0.25) is 4.79 Å². The quantitative estimate of drug-likeness (QED) is 0.743. The number of benzene rings is 2. The fourth-order valence-corrected chi connectivity index (χ4v) is 2.09. The van der Waals surface area contributed by atoms with E-state index in [1.165, 1.54) is 0 Å². The summed E-state index contributed by atoms with van der Waals surface area (Å²) in [4.78, 5) is 12.0. The summed E-state index contributed by atoms with van der Waals surface area (Å²) in [6.45, 7) is 0. The van der Waals surface area contributed by atoms with E-state index in [4.69, 9.17) is 11.6 Å². The molecule has 4 heteroatoms. The van der Waals surface area contributed by atoms with Gasteiger partial charge in [0.05, 0.1) is 27.6 Å². The van der Waals surface area contributed by atoms with Crippen molar-refractivity contribution in [3.63, 3.8) is 0 Å². The summed E-state index contributed by atoms with van der Waals surface area (Å²) in [5, 5.41) is 6.60. The van der Waals surface area contributed by atoms with Crippen molar-refractivity contribution in [3.05, 3.63) is 53.1 Å². The van der Waals surface area contributed by atoms with Crippen molar-refractivity contribution in [1.82, 2.24) is 0 Å². The molecule has 1 amide bonds. The summed E-state index contributed by atoms with van der Waals surface area (Å²) in [5.74, 6) is -0.130. The molecule has 84 valence electrons. The van der Waals surface area contributed by atoms with E-state index in [-0.39, 0.29) is 5.91 Å². The van der Waals surface area contributed by atoms with E-state index in [0.29, 0.717) is 16.3 Å². The molecule has 0 saturated carbocycles. The maximum absolute atomic E-state index is 12.0. The van der Waals surface area contributed by atoms with Crippen molar-refractivity contribution in [2.24, 2.45) is 0 Å². The van der Waals surface area contributed by atoms with Crippen LogP contribution >= 0.6 is 11.6 Å². The van der Waals surface area contributed by atoms with Gasteiger partial charge in [-0.05, 0) is 24.3 Å². The maximum atomic E-state index is 12.0. The van der Waals surface area contributed by atoms with Crippen LogP contribution in [0.2, 0.25) is 5.02 Å². The van der Waals surface area contributed by atoms with Gasteiger partial charge in [0, 0.05) is 0 Å². The predicted octanol–water partition coefficient (Wildman–Crippen LogP) is 3.65. The summed E-state index contributed by atoms with van der Waals surface area (Å²) in [6.07, 6.45) is 0. The summed E-state index contributed by atoms with van der Waals surface area (Å²) < 4.78 is 0. The minimum atomic E-state index is -0.130. The first kappa shape index (κ1) is 10.2. The number of rotatable bonds is 0. The van der Waals surface area contributed by atoms with Crippen LogP contribution in [0.1, 0.15) is 10.4 Å². The van der Waals surface area contributed by atoms with Crippen LogP contribution in [0.25, 0.3) is 0 Å². The third kappa shape index (κ3) is 1.65. The molecule has 3 nitrogen and oxygen atoms in total. The number of carbonyl (C=O) groups is 1. The molecule has 0 aromatic heterocycles. The highest BCUT2D eigenvalue weighted by atomic mass is 35.5. The van der Waals surface area contributed by atoms with Crippen LogP contribution in [0, 0.1) is 0 Å². The van der Waals surface area contributed by atoms with E-state index < -0.39 is 0 Å². The zero-order valence-electron chi connectivity index (χ0n) is 8.83. The lowest BCUT2D eigenvalue weighted by molar-refractivity contribution is 0.102. The SMILES string of the molecule is O=C1Nc2cccc(Cl)c2Nc2ccccc21. The molecule has 0 saturated heterocycles. The highest BCUT2D eigenvalue weighted by Gasteiger charge is 2.19. The van der Waals surface area contributed by atoms with E-state index in [0.717, 1.165) is 11.4 Å². The van der Waals surface area contributed by atoms with Crippen LogP contribution in [-0.4, -0.2) is 5.91 Å². The molecule has 0 aliphatic carbocycles. The van der Waals surface area contributed by atoms with E-state index in [9.17, 15) is 4.79 Å². The van der Waals surface area contributed by atoms with Gasteiger partial charge in [-0.1, -0.05) is 29.8 Å². The number of para-hydroxylation sites is 2. The molecule has 1 aliphatic heterocycles. The van der Waals surface area contributed by atoms with Gasteiger partial charge in [-0.25, -0.2) is 0 Å². The van der Waals surface area contributed by atoms with Crippen LogP contribution < -0.4 is 10.6 Å². The van der Waals surface area contributed by atoms with E-state index >= 15 is 0 Å². The molecular weight excluding hydrogens is 236 g/mol. The third-order valence-corrected chi connectivity index (χ3v) is 3.01. The minimum Gasteiger partial charge on any atom is -0.352 e. The maximum Gasteiger partial charge on any atom is 0.257 e. The monoisotopic (exact) mass is 244 g/mol. The summed E-state index contributed by atoms with van der Waals surface area (Å²) in [6, 6.07) is 12.7. The molecule has 3 rings (SSSR count). The van der Waals surface area contributed by atoms with Gasteiger partial charge >= 0.3 is 0 Å². The second kappa shape index (κ2) is 3.79. The van der Waals surface area contributed by atoms with Gasteiger partial charge in [0.15, 0.2) is 0 Å². The third-order valence-electron chi connectivity index (χ3n) is 2.69. The first-order valence-corrected chi connectivity index (χ1v) is 5.59. The number of fused-ring (bicyclic) bond motifs is 2. The molecule has 2 N–H and O–H groups in total. The molecule has 0 fully saturated rings. The molecule has 2 aromatic carbocycles. The molecule has 0 radical (unpaired) electrons. The average molecular weight is 245 g/mol. The van der Waals surface area contributed by atoms with Crippen molar-refractivity contribution in [1.29, 1.82) is 0 Å². The topological polar surface area (TPSA) is 41.1 Å². The number of anilines is 3. The Morgan fingerprint density at radius 1 is 0.882 bits per heavy atom. The van der Waals surface area contributed by atoms with Gasteiger partial charge < -0.3 is 10.6 Å². The molecule has 2 aromatic rings. The molecular formula is C13H9ClN2O. The molecule has 0 bridgehead atoms. The molecule has 17 heavy (non-hydrogen) atoms. The number of nitrogens with one attached hydrogen (secondary N) is 2. The zero-order valence-corrected chi connectivity index (χ0v) is 9.58. The van der Waals surface area contributed by atoms with Gasteiger partial charge in [0.1, 0.15) is 0 Å². The first-order chi connectivity index (χ1) is 8.25. The normalized spacial score (nSPS) is 12.9. The van der Waals surface area contributed by atoms with Gasteiger partial charge in [0.25, 0.3) is 5.91 Å². The standard InChI is InChI=1S/C13H9ClN2O/c14-9-5-3-7-11-12(9)15-10-6-2-1-4-8(10)13(17)16-11/h1-7,15H,(H,16,17). The van der Waals surface area contributed by atoms with E-state index in [1.807, 2.05) is 24.3 Å². The van der Waals surface area contributed by atoms with Crippen LogP contribution in [0.15, 0.2) is 42.5 Å². The molecule has 1 aliphatic rings. The average Bonchev–Trinajstić information content (AvgIpc) is 2.47. The summed E-state index contributed by atoms with van der Waals surface area (Å²) in [7, 11) is 0. The second-order valence-electron chi connectivity index (χ2n) is 3.79. The summed E-state index contributed by atoms with van der Waals surface area (Å²) >= 11 is 6.12. The zero-order chi connectivity index (χ0) is 11.8. The Labute approximate surface area is 103 Å². The Morgan fingerprint density at radius 3 is 2.53 bits per heavy atom. The Bertz CT molecular complexity index is 610. The smallest absolute Gasteiger partial charge is 0.257 e. The first-order valence-electron chi connectivity index (χ1n) is 5.21. The van der Waals surface area contributed by atoms with Crippen LogP contribution in [-0.2, 0) is 0 Å². The van der Waals surface area contributed by atoms with Crippen molar-refractivity contribution in [2.45, 2.75) is 0 Å². The highest BCUT2D eigenvalue weighted by molar-refractivity contribution is 6.34. The van der Waals surface area contributed by atoms with Gasteiger partial charge in [-0.2, -0.15) is 0 Å². The Balaban J connectivity index is 2.21. The molecule has 0 spiro atoms. The van der Waals surface area contributed by atoms with Crippen molar-refractivity contribution in [2.75, 3.05) is 10.6 Å². The van der Waals surface area contributed by atoms with E-state index in [2.05, 4.69) is 10.6 Å². The van der Waals surface area contributed by atoms with Crippen molar-refractivity contribution in [3.8, 4) is 0 Å². The van der Waals surface area contributed by atoms with Crippen LogP contribution in [0.5, 0.6) is 0 Å². The number of hydrogen-bond acceptors (Lipinski definition) is 2. The lowest BCUT2D eigenvalue weighted by Gasteiger charge is -2.09. The van der Waals surface area contributed by atoms with Crippen molar-refractivity contribution < 1.29 is 4.79 Å². The molecule has 1 heterocycles. The number of halogens is 1. The lowest BCUT2D eigenvalue weighted by atomic mass is 10.1. The van der Waals surface area contributed by atoms with Gasteiger partial charge in [-0.15, -0.1) is 0 Å². The summed E-state index contributed by atoms with van der Waals surface area (Å²) in [5.41, 5.74) is 2.79. The van der Waals surface area contributed by atoms with Crippen LogP contribution in [0.4, 0.5) is 17.1 Å². The van der Waals surface area contributed by atoms with Crippen LogP contribution in [0.3, 0.4) is 0 Å². The fourth-order valence-electron chi connectivity index (χ4n) is 1.87. The number of carbonyl (C=O) groups excluding carboxylic acids is 1. The number of amides is 1. The fraction of sp³-hybridized carbons (Fsp3) is 0. The Hall–Kier alpha value is -2.00. The van der Waals surface area contributed by atoms with Crippen molar-refractivity contribution >= 4 is 34.6 Å². The Morgan fingerprint density at radius 2 is 1.65 bits per heavy atom. The molecule has 0 unspecified atom stereocenters. The lowest BCUT2D eigenvalue weighted by Crippen LogP contribution is -2.10. The van der Waals surface area contributed by atoms with Gasteiger partial charge in [0.2, 0.25) is 0 Å². The molecule has 0 atom stereocenters. The Kier molecular flexibility index (Phi) is 2.27. The highest BCUT2D eigenvalue weighted by Crippen LogP contribution is 2.36.